The lowest BCUT2D eigenvalue weighted by atomic mass is 9.85. The lowest BCUT2D eigenvalue weighted by Gasteiger charge is -2.27. The number of carboxylic acid groups (broad SMARTS) is 1. The molecule has 0 saturated heterocycles. The highest BCUT2D eigenvalue weighted by atomic mass is 16.4. The minimum Gasteiger partial charge on any atom is -0.507 e. The van der Waals surface area contributed by atoms with Crippen LogP contribution in [0.25, 0.3) is 11.1 Å². The molecule has 0 bridgehead atoms. The zero-order valence-corrected chi connectivity index (χ0v) is 22.1. The molecule has 2 rings (SSSR count). The molecule has 0 fully saturated rings. The minimum atomic E-state index is -0.852. The molecule has 33 heavy (non-hydrogen) atoms. The molecule has 0 aliphatic rings. The largest absolute Gasteiger partial charge is 0.507 e. The Morgan fingerprint density at radius 2 is 1.21 bits per heavy atom. The number of aromatic hydroxyl groups is 1. The van der Waals surface area contributed by atoms with E-state index in [1.165, 1.54) is 5.56 Å². The van der Waals surface area contributed by atoms with Gasteiger partial charge in [0.1, 0.15) is 11.8 Å². The predicted octanol–water partition coefficient (Wildman–Crippen LogP) is 8.07. The Bertz CT molecular complexity index is 958. The molecule has 0 aromatic heterocycles. The summed E-state index contributed by atoms with van der Waals surface area (Å²) in [7, 11) is 0. The second-order valence-electron chi connectivity index (χ2n) is 10.9. The van der Waals surface area contributed by atoms with E-state index in [4.69, 9.17) is 0 Å². The SMILES string of the molecule is CC(C)c1cc(-c2cc(C(C)C)c(O)c(C(C)C)c2)c(NC(C(=O)O)C(C)C)c(C(C)C)c1. The Morgan fingerprint density at radius 3 is 1.58 bits per heavy atom. The number of nitrogens with one attached hydrogen (secondary N) is 1. The zero-order chi connectivity index (χ0) is 25.2. The summed E-state index contributed by atoms with van der Waals surface area (Å²) in [6, 6.07) is 7.86. The Morgan fingerprint density at radius 1 is 0.727 bits per heavy atom. The first kappa shape index (κ1) is 26.8. The Labute approximate surface area is 200 Å². The van der Waals surface area contributed by atoms with Crippen LogP contribution in [-0.4, -0.2) is 22.2 Å². The third-order valence-corrected chi connectivity index (χ3v) is 6.44. The Kier molecular flexibility index (Phi) is 8.62. The fourth-order valence-electron chi connectivity index (χ4n) is 4.25. The molecular weight excluding hydrogens is 410 g/mol. The van der Waals surface area contributed by atoms with E-state index < -0.39 is 12.0 Å². The molecule has 0 radical (unpaired) electrons. The van der Waals surface area contributed by atoms with Crippen molar-refractivity contribution in [2.45, 2.75) is 99.0 Å². The summed E-state index contributed by atoms with van der Waals surface area (Å²) in [5, 5.41) is 24.3. The topological polar surface area (TPSA) is 69.6 Å². The number of hydrogen-bond donors (Lipinski definition) is 3. The molecule has 0 amide bonds. The van der Waals surface area contributed by atoms with Gasteiger partial charge in [-0.2, -0.15) is 0 Å². The number of rotatable bonds is 9. The molecule has 0 saturated carbocycles. The summed E-state index contributed by atoms with van der Waals surface area (Å²) in [5.41, 5.74) is 7.07. The molecule has 4 heteroatoms. The van der Waals surface area contributed by atoms with E-state index in [1.54, 1.807) is 0 Å². The fourth-order valence-corrected chi connectivity index (χ4v) is 4.25. The van der Waals surface area contributed by atoms with Crippen molar-refractivity contribution < 1.29 is 15.0 Å². The average Bonchev–Trinajstić information content (AvgIpc) is 2.70. The third-order valence-electron chi connectivity index (χ3n) is 6.44. The molecule has 0 spiro atoms. The zero-order valence-electron chi connectivity index (χ0n) is 22.1. The number of anilines is 1. The minimum absolute atomic E-state index is 0.0718. The first-order valence-corrected chi connectivity index (χ1v) is 12.3. The van der Waals surface area contributed by atoms with Crippen molar-refractivity contribution in [3.8, 4) is 16.9 Å². The number of phenolic OH excluding ortho intramolecular Hbond substituents is 1. The number of hydrogen-bond acceptors (Lipinski definition) is 3. The smallest absolute Gasteiger partial charge is 0.326 e. The van der Waals surface area contributed by atoms with Gasteiger partial charge in [-0.15, -0.1) is 0 Å². The first-order chi connectivity index (χ1) is 15.3. The number of carbonyl (C=O) groups is 1. The van der Waals surface area contributed by atoms with Crippen LogP contribution in [0.1, 0.15) is 115 Å². The monoisotopic (exact) mass is 453 g/mol. The number of aliphatic carboxylic acids is 1. The number of carboxylic acids is 1. The van der Waals surface area contributed by atoms with Gasteiger partial charge in [0.15, 0.2) is 0 Å². The van der Waals surface area contributed by atoms with Crippen LogP contribution in [-0.2, 0) is 4.79 Å². The van der Waals surface area contributed by atoms with Crippen molar-refractivity contribution in [1.82, 2.24) is 0 Å². The van der Waals surface area contributed by atoms with Crippen LogP contribution >= 0.6 is 0 Å². The molecule has 0 heterocycles. The lowest BCUT2D eigenvalue weighted by molar-refractivity contribution is -0.138. The van der Waals surface area contributed by atoms with E-state index in [1.807, 2.05) is 13.8 Å². The molecule has 2 aromatic rings. The molecule has 182 valence electrons. The van der Waals surface area contributed by atoms with Crippen molar-refractivity contribution in [3.63, 3.8) is 0 Å². The van der Waals surface area contributed by atoms with Gasteiger partial charge in [-0.1, -0.05) is 75.3 Å². The van der Waals surface area contributed by atoms with Crippen molar-refractivity contribution in [2.75, 3.05) is 5.32 Å². The molecule has 2 aromatic carbocycles. The first-order valence-electron chi connectivity index (χ1n) is 12.3. The van der Waals surface area contributed by atoms with Gasteiger partial charge >= 0.3 is 5.97 Å². The van der Waals surface area contributed by atoms with E-state index >= 15 is 0 Å². The van der Waals surface area contributed by atoms with Gasteiger partial charge in [-0.3, -0.25) is 0 Å². The van der Waals surface area contributed by atoms with Gasteiger partial charge in [0.2, 0.25) is 0 Å². The van der Waals surface area contributed by atoms with Crippen LogP contribution in [0.2, 0.25) is 0 Å². The van der Waals surface area contributed by atoms with Crippen LogP contribution in [0.15, 0.2) is 24.3 Å². The summed E-state index contributed by atoms with van der Waals surface area (Å²) in [5.74, 6) is 0.332. The molecule has 1 atom stereocenters. The third kappa shape index (κ3) is 5.90. The van der Waals surface area contributed by atoms with Crippen LogP contribution in [0.4, 0.5) is 5.69 Å². The van der Waals surface area contributed by atoms with Gasteiger partial charge in [-0.05, 0) is 75.6 Å². The summed E-state index contributed by atoms with van der Waals surface area (Å²) in [6.07, 6.45) is 0. The second-order valence-corrected chi connectivity index (χ2v) is 10.9. The Balaban J connectivity index is 2.95. The molecule has 1 unspecified atom stereocenters. The summed E-state index contributed by atoms with van der Waals surface area (Å²) < 4.78 is 0. The van der Waals surface area contributed by atoms with E-state index in [2.05, 4.69) is 85.0 Å². The normalized spacial score (nSPS) is 12.9. The maximum Gasteiger partial charge on any atom is 0.326 e. The second kappa shape index (κ2) is 10.6. The van der Waals surface area contributed by atoms with Gasteiger partial charge in [0, 0.05) is 11.3 Å². The standard InChI is InChI=1S/C29H43NO3/c1-15(2)20-11-22(16(3)4)27(30-26(19(9)10)29(32)33)25(12-20)21-13-23(17(5)6)28(31)24(14-21)18(7)8/h11-19,26,30-31H,1-10H3,(H,32,33). The lowest BCUT2D eigenvalue weighted by Crippen LogP contribution is -2.35. The summed E-state index contributed by atoms with van der Waals surface area (Å²) >= 11 is 0. The predicted molar refractivity (Wildman–Crippen MR) is 140 cm³/mol. The van der Waals surface area contributed by atoms with Crippen LogP contribution in [0.3, 0.4) is 0 Å². The molecular formula is C29H43NO3. The van der Waals surface area contributed by atoms with Crippen LogP contribution < -0.4 is 5.32 Å². The summed E-state index contributed by atoms with van der Waals surface area (Å²) in [6.45, 7) is 20.9. The van der Waals surface area contributed by atoms with Gasteiger partial charge < -0.3 is 15.5 Å². The van der Waals surface area contributed by atoms with Crippen molar-refractivity contribution in [1.29, 1.82) is 0 Å². The van der Waals surface area contributed by atoms with E-state index in [-0.39, 0.29) is 23.7 Å². The average molecular weight is 454 g/mol. The molecule has 3 N–H and O–H groups in total. The van der Waals surface area contributed by atoms with E-state index in [0.29, 0.717) is 11.7 Å². The number of benzene rings is 2. The maximum atomic E-state index is 12.1. The quantitative estimate of drug-likeness (QED) is 0.359. The van der Waals surface area contributed by atoms with Crippen molar-refractivity contribution >= 4 is 11.7 Å². The summed E-state index contributed by atoms with van der Waals surface area (Å²) in [4.78, 5) is 12.1. The highest BCUT2D eigenvalue weighted by molar-refractivity contribution is 5.87. The van der Waals surface area contributed by atoms with Crippen molar-refractivity contribution in [3.05, 3.63) is 46.5 Å². The highest BCUT2D eigenvalue weighted by Crippen LogP contribution is 2.43. The maximum absolute atomic E-state index is 12.1. The fraction of sp³-hybridized carbons (Fsp3) is 0.552. The van der Waals surface area contributed by atoms with Gasteiger partial charge in [0.25, 0.3) is 0 Å². The van der Waals surface area contributed by atoms with E-state index in [9.17, 15) is 15.0 Å². The van der Waals surface area contributed by atoms with Crippen LogP contribution in [0, 0.1) is 5.92 Å². The molecule has 4 nitrogen and oxygen atoms in total. The van der Waals surface area contributed by atoms with Crippen molar-refractivity contribution in [2.24, 2.45) is 5.92 Å². The number of phenols is 1. The van der Waals surface area contributed by atoms with E-state index in [0.717, 1.165) is 33.5 Å². The molecule has 0 aliphatic carbocycles. The highest BCUT2D eigenvalue weighted by Gasteiger charge is 2.26. The van der Waals surface area contributed by atoms with Crippen LogP contribution in [0.5, 0.6) is 5.75 Å². The Hall–Kier alpha value is -2.49. The van der Waals surface area contributed by atoms with Gasteiger partial charge in [-0.25, -0.2) is 4.79 Å². The van der Waals surface area contributed by atoms with Gasteiger partial charge in [0.05, 0.1) is 0 Å². The molecule has 0 aliphatic heterocycles.